The summed E-state index contributed by atoms with van der Waals surface area (Å²) in [7, 11) is 0. The van der Waals surface area contributed by atoms with E-state index in [1.165, 1.54) is 6.92 Å². The van der Waals surface area contributed by atoms with E-state index < -0.39 is 0 Å². The summed E-state index contributed by atoms with van der Waals surface area (Å²) in [6, 6.07) is -0.278. The molecule has 0 heterocycles. The summed E-state index contributed by atoms with van der Waals surface area (Å²) in [4.78, 5) is 10.7. The van der Waals surface area contributed by atoms with Gasteiger partial charge >= 0.3 is 0 Å². The van der Waals surface area contributed by atoms with Crippen LogP contribution in [0.3, 0.4) is 0 Å². The first-order valence-electron chi connectivity index (χ1n) is 5.55. The first-order chi connectivity index (χ1) is 7.10. The van der Waals surface area contributed by atoms with Crippen LogP contribution in [0.1, 0.15) is 33.6 Å². The zero-order chi connectivity index (χ0) is 11.7. The third-order valence-corrected chi connectivity index (χ3v) is 2.40. The Hall–Kier alpha value is -0.610. The number of ether oxygens (including phenoxy) is 1. The molecule has 0 saturated carbocycles. The Bertz CT molecular complexity index is 173. The van der Waals surface area contributed by atoms with Crippen molar-refractivity contribution < 1.29 is 14.6 Å². The molecular weight excluding hydrogens is 194 g/mol. The molecule has 0 aliphatic rings. The number of nitrogens with one attached hydrogen (secondary N) is 1. The number of aliphatic hydroxyl groups is 1. The number of carbonyl (C=O) groups excluding carboxylic acids is 1. The van der Waals surface area contributed by atoms with Gasteiger partial charge in [-0.3, -0.25) is 4.79 Å². The number of amides is 1. The molecule has 0 rings (SSSR count). The highest BCUT2D eigenvalue weighted by Crippen LogP contribution is 2.05. The highest BCUT2D eigenvalue weighted by molar-refractivity contribution is 5.73. The van der Waals surface area contributed by atoms with Crippen LogP contribution in [0.25, 0.3) is 0 Å². The number of aliphatic hydroxyl groups excluding tert-OH is 1. The van der Waals surface area contributed by atoms with Gasteiger partial charge in [-0.05, 0) is 12.3 Å². The normalized spacial score (nSPS) is 14.7. The lowest BCUT2D eigenvalue weighted by molar-refractivity contribution is -0.120. The Morgan fingerprint density at radius 2 is 2.20 bits per heavy atom. The first-order valence-corrected chi connectivity index (χ1v) is 5.55. The van der Waals surface area contributed by atoms with Crippen LogP contribution in [0.15, 0.2) is 0 Å². The molecule has 0 unspecified atom stereocenters. The Kier molecular flexibility index (Phi) is 8.33. The number of carbonyl (C=O) groups is 1. The molecule has 4 heteroatoms. The Balaban J connectivity index is 3.50. The van der Waals surface area contributed by atoms with E-state index in [2.05, 4.69) is 19.2 Å². The summed E-state index contributed by atoms with van der Waals surface area (Å²) in [6.07, 6.45) is 2.17. The molecule has 90 valence electrons. The second-order valence-electron chi connectivity index (χ2n) is 3.96. The quantitative estimate of drug-likeness (QED) is 0.595. The summed E-state index contributed by atoms with van der Waals surface area (Å²) in [5.41, 5.74) is 0. The van der Waals surface area contributed by atoms with Gasteiger partial charge in [-0.15, -0.1) is 0 Å². The van der Waals surface area contributed by atoms with Crippen molar-refractivity contribution in [2.75, 3.05) is 19.8 Å². The molecule has 0 aromatic carbocycles. The lowest BCUT2D eigenvalue weighted by Crippen LogP contribution is -2.39. The third-order valence-electron chi connectivity index (χ3n) is 2.40. The molecule has 2 atom stereocenters. The Morgan fingerprint density at radius 3 is 2.67 bits per heavy atom. The van der Waals surface area contributed by atoms with Crippen molar-refractivity contribution in [2.45, 2.75) is 39.7 Å². The fourth-order valence-corrected chi connectivity index (χ4v) is 1.14. The molecule has 0 aliphatic carbocycles. The van der Waals surface area contributed by atoms with Crippen LogP contribution in [0, 0.1) is 5.92 Å². The summed E-state index contributed by atoms with van der Waals surface area (Å²) >= 11 is 0. The van der Waals surface area contributed by atoms with Gasteiger partial charge in [0.1, 0.15) is 0 Å². The largest absolute Gasteiger partial charge is 0.394 e. The van der Waals surface area contributed by atoms with Gasteiger partial charge in [0.2, 0.25) is 5.91 Å². The maximum atomic E-state index is 10.7. The SMILES string of the molecule is CC[C@@H](C)CCOC[C@H](CO)NC(C)=O. The predicted molar refractivity (Wildman–Crippen MR) is 59.6 cm³/mol. The molecule has 0 bridgehead atoms. The second kappa shape index (κ2) is 8.68. The van der Waals surface area contributed by atoms with E-state index in [0.29, 0.717) is 19.1 Å². The van der Waals surface area contributed by atoms with E-state index in [0.717, 1.165) is 12.8 Å². The van der Waals surface area contributed by atoms with Crippen LogP contribution < -0.4 is 5.32 Å². The number of hydrogen-bond acceptors (Lipinski definition) is 3. The van der Waals surface area contributed by atoms with Crippen molar-refractivity contribution in [1.82, 2.24) is 5.32 Å². The average Bonchev–Trinajstić information content (AvgIpc) is 2.21. The molecule has 2 N–H and O–H groups in total. The predicted octanol–water partition coefficient (Wildman–Crippen LogP) is 0.936. The monoisotopic (exact) mass is 217 g/mol. The number of hydrogen-bond donors (Lipinski definition) is 2. The van der Waals surface area contributed by atoms with Gasteiger partial charge in [0, 0.05) is 13.5 Å². The molecular formula is C11H23NO3. The third kappa shape index (κ3) is 8.39. The van der Waals surface area contributed by atoms with Crippen LogP contribution >= 0.6 is 0 Å². The van der Waals surface area contributed by atoms with Crippen molar-refractivity contribution in [2.24, 2.45) is 5.92 Å². The molecule has 0 aromatic rings. The Labute approximate surface area is 92.0 Å². The van der Waals surface area contributed by atoms with Gasteiger partial charge in [0.15, 0.2) is 0 Å². The summed E-state index contributed by atoms with van der Waals surface area (Å²) in [5, 5.41) is 11.6. The summed E-state index contributed by atoms with van der Waals surface area (Å²) in [6.45, 7) is 6.75. The topological polar surface area (TPSA) is 58.6 Å². The van der Waals surface area contributed by atoms with E-state index >= 15 is 0 Å². The van der Waals surface area contributed by atoms with Gasteiger partial charge in [-0.1, -0.05) is 20.3 Å². The zero-order valence-corrected chi connectivity index (χ0v) is 9.95. The van der Waals surface area contributed by atoms with Gasteiger partial charge in [0.05, 0.1) is 19.3 Å². The minimum atomic E-state index is -0.278. The fourth-order valence-electron chi connectivity index (χ4n) is 1.14. The maximum Gasteiger partial charge on any atom is 0.217 e. The van der Waals surface area contributed by atoms with Crippen LogP contribution in [0.5, 0.6) is 0 Å². The molecule has 1 amide bonds. The maximum absolute atomic E-state index is 10.7. The van der Waals surface area contributed by atoms with E-state index in [1.54, 1.807) is 0 Å². The van der Waals surface area contributed by atoms with Crippen molar-refractivity contribution in [1.29, 1.82) is 0 Å². The highest BCUT2D eigenvalue weighted by Gasteiger charge is 2.08. The van der Waals surface area contributed by atoms with Crippen molar-refractivity contribution >= 4 is 5.91 Å². The van der Waals surface area contributed by atoms with Crippen LogP contribution in [-0.4, -0.2) is 36.9 Å². The molecule has 0 aromatic heterocycles. The molecule has 0 spiro atoms. The van der Waals surface area contributed by atoms with E-state index in [4.69, 9.17) is 9.84 Å². The lowest BCUT2D eigenvalue weighted by Gasteiger charge is -2.16. The average molecular weight is 217 g/mol. The van der Waals surface area contributed by atoms with E-state index in [1.807, 2.05) is 0 Å². The molecule has 15 heavy (non-hydrogen) atoms. The summed E-state index contributed by atoms with van der Waals surface area (Å²) in [5.74, 6) is 0.526. The zero-order valence-electron chi connectivity index (χ0n) is 9.95. The van der Waals surface area contributed by atoms with Gasteiger partial charge < -0.3 is 15.2 Å². The van der Waals surface area contributed by atoms with Crippen LogP contribution in [0.4, 0.5) is 0 Å². The molecule has 0 saturated heterocycles. The molecule has 0 aliphatic heterocycles. The Morgan fingerprint density at radius 1 is 1.53 bits per heavy atom. The van der Waals surface area contributed by atoms with Gasteiger partial charge in [-0.2, -0.15) is 0 Å². The lowest BCUT2D eigenvalue weighted by atomic mass is 10.1. The second-order valence-corrected chi connectivity index (χ2v) is 3.96. The van der Waals surface area contributed by atoms with E-state index in [-0.39, 0.29) is 18.6 Å². The standard InChI is InChI=1S/C11H23NO3/c1-4-9(2)5-6-15-8-11(7-13)12-10(3)14/h9,11,13H,4-8H2,1-3H3,(H,12,14)/t9-,11+/m1/s1. The smallest absolute Gasteiger partial charge is 0.217 e. The first kappa shape index (κ1) is 14.4. The molecule has 0 radical (unpaired) electrons. The summed E-state index contributed by atoms with van der Waals surface area (Å²) < 4.78 is 5.39. The minimum Gasteiger partial charge on any atom is -0.394 e. The molecule has 0 fully saturated rings. The van der Waals surface area contributed by atoms with Gasteiger partial charge in [-0.25, -0.2) is 0 Å². The van der Waals surface area contributed by atoms with Crippen LogP contribution in [-0.2, 0) is 9.53 Å². The van der Waals surface area contributed by atoms with Crippen molar-refractivity contribution in [3.8, 4) is 0 Å². The van der Waals surface area contributed by atoms with Crippen LogP contribution in [0.2, 0.25) is 0 Å². The molecule has 4 nitrogen and oxygen atoms in total. The van der Waals surface area contributed by atoms with Crippen molar-refractivity contribution in [3.63, 3.8) is 0 Å². The van der Waals surface area contributed by atoms with Crippen molar-refractivity contribution in [3.05, 3.63) is 0 Å². The fraction of sp³-hybridized carbons (Fsp3) is 0.909. The van der Waals surface area contributed by atoms with Gasteiger partial charge in [0.25, 0.3) is 0 Å². The minimum absolute atomic E-state index is 0.0804. The van der Waals surface area contributed by atoms with E-state index in [9.17, 15) is 4.79 Å². The number of rotatable bonds is 8. The highest BCUT2D eigenvalue weighted by atomic mass is 16.5.